The van der Waals surface area contributed by atoms with Crippen molar-refractivity contribution in [2.75, 3.05) is 11.9 Å². The molecule has 1 aliphatic carbocycles. The van der Waals surface area contributed by atoms with Crippen molar-refractivity contribution in [3.63, 3.8) is 0 Å². The van der Waals surface area contributed by atoms with Gasteiger partial charge < -0.3 is 14.8 Å². The number of thiophene rings is 1. The van der Waals surface area contributed by atoms with Crippen LogP contribution < -0.4 is 15.5 Å². The van der Waals surface area contributed by atoms with Crippen molar-refractivity contribution in [1.29, 1.82) is 0 Å². The Labute approximate surface area is 233 Å². The molecule has 0 spiro atoms. The number of fused-ring (bicyclic) bond motifs is 1. The number of carbonyl (C=O) groups is 3. The highest BCUT2D eigenvalue weighted by Crippen LogP contribution is 2.39. The van der Waals surface area contributed by atoms with Gasteiger partial charge in [0, 0.05) is 20.5 Å². The predicted molar refractivity (Wildman–Crippen MR) is 149 cm³/mol. The molecule has 0 saturated carbocycles. The zero-order valence-electron chi connectivity index (χ0n) is 20.7. The van der Waals surface area contributed by atoms with Crippen molar-refractivity contribution in [2.24, 2.45) is 5.10 Å². The molecule has 3 aromatic rings. The van der Waals surface area contributed by atoms with Crippen LogP contribution in [0.2, 0.25) is 10.0 Å². The monoisotopic (exact) mass is 573 g/mol. The van der Waals surface area contributed by atoms with E-state index < -0.39 is 17.8 Å². The second kappa shape index (κ2) is 12.4. The summed E-state index contributed by atoms with van der Waals surface area (Å²) in [6.07, 6.45) is 2.51. The molecule has 0 radical (unpaired) electrons. The van der Waals surface area contributed by atoms with E-state index in [2.05, 4.69) is 15.8 Å². The molecule has 2 N–H and O–H groups in total. The van der Waals surface area contributed by atoms with E-state index in [4.69, 9.17) is 32.7 Å². The van der Waals surface area contributed by atoms with Gasteiger partial charge in [-0.15, -0.1) is 11.3 Å². The maximum atomic E-state index is 12.5. The summed E-state index contributed by atoms with van der Waals surface area (Å²) < 4.78 is 10.9. The van der Waals surface area contributed by atoms with E-state index in [9.17, 15) is 14.4 Å². The van der Waals surface area contributed by atoms with Crippen LogP contribution in [-0.4, -0.2) is 30.1 Å². The molecule has 0 saturated heterocycles. The van der Waals surface area contributed by atoms with Crippen molar-refractivity contribution in [1.82, 2.24) is 5.43 Å². The summed E-state index contributed by atoms with van der Waals surface area (Å²) >= 11 is 13.7. The predicted octanol–water partition coefficient (Wildman–Crippen LogP) is 5.78. The smallest absolute Gasteiger partial charge is 0.341 e. The van der Waals surface area contributed by atoms with Crippen molar-refractivity contribution in [3.05, 3.63) is 79.6 Å². The SMILES string of the molecule is CCOC(=O)c1c(NC(=O)C(=O)NN=C(C)c2ccc(OCc3c(Cl)cccc3Cl)cc2)sc2c1CCC2. The van der Waals surface area contributed by atoms with Crippen LogP contribution in [0, 0.1) is 0 Å². The van der Waals surface area contributed by atoms with E-state index in [0.29, 0.717) is 43.2 Å². The molecule has 11 heteroatoms. The molecular formula is C27H25Cl2N3O5S. The largest absolute Gasteiger partial charge is 0.489 e. The van der Waals surface area contributed by atoms with Gasteiger partial charge in [0.2, 0.25) is 0 Å². The number of benzene rings is 2. The molecule has 0 unspecified atom stereocenters. The number of halogens is 2. The summed E-state index contributed by atoms with van der Waals surface area (Å²) in [7, 11) is 0. The van der Waals surface area contributed by atoms with Crippen molar-refractivity contribution < 1.29 is 23.9 Å². The van der Waals surface area contributed by atoms with Crippen LogP contribution in [0.1, 0.15) is 52.2 Å². The van der Waals surface area contributed by atoms with Gasteiger partial charge in [-0.1, -0.05) is 29.3 Å². The average molecular weight is 574 g/mol. The minimum absolute atomic E-state index is 0.210. The summed E-state index contributed by atoms with van der Waals surface area (Å²) in [4.78, 5) is 38.4. The lowest BCUT2D eigenvalue weighted by atomic mass is 10.1. The van der Waals surface area contributed by atoms with E-state index in [1.165, 1.54) is 11.3 Å². The number of rotatable bonds is 8. The minimum Gasteiger partial charge on any atom is -0.489 e. The fraction of sp³-hybridized carbons (Fsp3) is 0.259. The van der Waals surface area contributed by atoms with Crippen LogP contribution in [0.5, 0.6) is 5.75 Å². The van der Waals surface area contributed by atoms with Crippen LogP contribution in [-0.2, 0) is 33.8 Å². The first-order valence-corrected chi connectivity index (χ1v) is 13.5. The van der Waals surface area contributed by atoms with E-state index in [1.807, 2.05) is 0 Å². The molecule has 198 valence electrons. The molecule has 4 rings (SSSR count). The number of aryl methyl sites for hydroxylation is 1. The zero-order chi connectivity index (χ0) is 27.2. The molecule has 0 fully saturated rings. The highest BCUT2D eigenvalue weighted by atomic mass is 35.5. The summed E-state index contributed by atoms with van der Waals surface area (Å²) in [5, 5.41) is 7.95. The first-order valence-electron chi connectivity index (χ1n) is 11.9. The van der Waals surface area contributed by atoms with Gasteiger partial charge in [-0.05, 0) is 80.6 Å². The van der Waals surface area contributed by atoms with Gasteiger partial charge in [0.15, 0.2) is 0 Å². The van der Waals surface area contributed by atoms with Gasteiger partial charge in [0.25, 0.3) is 0 Å². The van der Waals surface area contributed by atoms with Gasteiger partial charge in [-0.3, -0.25) is 9.59 Å². The van der Waals surface area contributed by atoms with Gasteiger partial charge in [0.05, 0.1) is 17.9 Å². The summed E-state index contributed by atoms with van der Waals surface area (Å²) in [5.74, 6) is -1.78. The van der Waals surface area contributed by atoms with E-state index in [0.717, 1.165) is 29.7 Å². The number of amides is 2. The molecule has 38 heavy (non-hydrogen) atoms. The number of ether oxygens (including phenoxy) is 2. The molecule has 2 amide bonds. The third-order valence-electron chi connectivity index (χ3n) is 5.88. The Morgan fingerprint density at radius 3 is 2.42 bits per heavy atom. The second-order valence-corrected chi connectivity index (χ2v) is 10.3. The van der Waals surface area contributed by atoms with Crippen LogP contribution in [0.4, 0.5) is 5.00 Å². The summed E-state index contributed by atoms with van der Waals surface area (Å²) in [6.45, 7) is 3.84. The molecule has 1 heterocycles. The third-order valence-corrected chi connectivity index (χ3v) is 7.79. The molecule has 0 aliphatic heterocycles. The maximum absolute atomic E-state index is 12.5. The molecule has 8 nitrogen and oxygen atoms in total. The molecule has 2 aromatic carbocycles. The topological polar surface area (TPSA) is 106 Å². The maximum Gasteiger partial charge on any atom is 0.341 e. The first-order chi connectivity index (χ1) is 18.3. The number of nitrogens with one attached hydrogen (secondary N) is 2. The number of hydrazone groups is 1. The first kappa shape index (κ1) is 27.6. The highest BCUT2D eigenvalue weighted by Gasteiger charge is 2.29. The highest BCUT2D eigenvalue weighted by molar-refractivity contribution is 7.17. The molecular weight excluding hydrogens is 549 g/mol. The Balaban J connectivity index is 1.35. The molecule has 0 bridgehead atoms. The van der Waals surface area contributed by atoms with Crippen LogP contribution in [0.3, 0.4) is 0 Å². The van der Waals surface area contributed by atoms with Crippen LogP contribution in [0.25, 0.3) is 0 Å². The fourth-order valence-electron chi connectivity index (χ4n) is 3.94. The van der Waals surface area contributed by atoms with Gasteiger partial charge in [0.1, 0.15) is 17.4 Å². The molecule has 1 aromatic heterocycles. The van der Waals surface area contributed by atoms with Gasteiger partial charge >= 0.3 is 17.8 Å². The van der Waals surface area contributed by atoms with E-state index >= 15 is 0 Å². The number of anilines is 1. The summed E-state index contributed by atoms with van der Waals surface area (Å²) in [6, 6.07) is 12.3. The van der Waals surface area contributed by atoms with Crippen LogP contribution >= 0.6 is 34.5 Å². The molecule has 1 aliphatic rings. The third kappa shape index (κ3) is 6.35. The van der Waals surface area contributed by atoms with E-state index in [-0.39, 0.29) is 13.2 Å². The molecule has 0 atom stereocenters. The minimum atomic E-state index is -0.954. The van der Waals surface area contributed by atoms with Crippen molar-refractivity contribution in [2.45, 2.75) is 39.7 Å². The quantitative estimate of drug-likeness (QED) is 0.154. The van der Waals surface area contributed by atoms with Gasteiger partial charge in [-0.25, -0.2) is 10.2 Å². The standard InChI is InChI=1S/C27H25Cl2N3O5S/c1-3-36-27(35)23-18-6-4-9-22(18)38-26(23)30-24(33)25(34)32-31-15(2)16-10-12-17(13-11-16)37-14-19-20(28)7-5-8-21(19)29/h5,7-8,10-13H,3-4,6,9,14H2,1-2H3,(H,30,33)(H,32,34). The van der Waals surface area contributed by atoms with Crippen molar-refractivity contribution in [3.8, 4) is 5.75 Å². The summed E-state index contributed by atoms with van der Waals surface area (Å²) in [5.41, 5.74) is 5.38. The van der Waals surface area contributed by atoms with Crippen molar-refractivity contribution >= 4 is 63.0 Å². The number of carbonyl (C=O) groups excluding carboxylic acids is 3. The Morgan fingerprint density at radius 1 is 1.03 bits per heavy atom. The lowest BCUT2D eigenvalue weighted by Gasteiger charge is -2.10. The number of nitrogens with zero attached hydrogens (tertiary/aromatic N) is 1. The van der Waals surface area contributed by atoms with E-state index in [1.54, 1.807) is 56.3 Å². The van der Waals surface area contributed by atoms with Gasteiger partial charge in [-0.2, -0.15) is 5.10 Å². The normalized spacial score (nSPS) is 12.6. The number of hydrogen-bond donors (Lipinski definition) is 2. The number of esters is 1. The lowest BCUT2D eigenvalue weighted by Crippen LogP contribution is -2.33. The average Bonchev–Trinajstić information content (AvgIpc) is 3.48. The lowest BCUT2D eigenvalue weighted by molar-refractivity contribution is -0.136. The fourth-order valence-corrected chi connectivity index (χ4v) is 5.72. The Kier molecular flexibility index (Phi) is 9.04. The zero-order valence-corrected chi connectivity index (χ0v) is 23.1. The number of hydrogen-bond acceptors (Lipinski definition) is 7. The second-order valence-electron chi connectivity index (χ2n) is 8.39. The Hall–Kier alpha value is -3.40. The Morgan fingerprint density at radius 2 is 1.74 bits per heavy atom. The van der Waals surface area contributed by atoms with Crippen LogP contribution in [0.15, 0.2) is 47.6 Å². The Bertz CT molecular complexity index is 1380.